The van der Waals surface area contributed by atoms with Crippen LogP contribution < -0.4 is 10.5 Å². The van der Waals surface area contributed by atoms with E-state index >= 15 is 0 Å². The number of ether oxygens (including phenoxy) is 1. The molecule has 19 heavy (non-hydrogen) atoms. The molecular formula is C15H15BrFNO. The molecule has 0 aliphatic carbocycles. The van der Waals surface area contributed by atoms with Gasteiger partial charge in [-0.05, 0) is 65.1 Å². The second-order valence-electron chi connectivity index (χ2n) is 4.32. The van der Waals surface area contributed by atoms with Gasteiger partial charge in [-0.1, -0.05) is 12.1 Å². The molecule has 4 heteroatoms. The van der Waals surface area contributed by atoms with Gasteiger partial charge in [0.15, 0.2) is 0 Å². The summed E-state index contributed by atoms with van der Waals surface area (Å²) >= 11 is 3.12. The predicted octanol–water partition coefficient (Wildman–Crippen LogP) is 4.19. The maximum absolute atomic E-state index is 13.4. The van der Waals surface area contributed by atoms with Crippen molar-refractivity contribution in [1.29, 1.82) is 0 Å². The molecule has 0 aromatic heterocycles. The van der Waals surface area contributed by atoms with Gasteiger partial charge in [0.05, 0.1) is 4.47 Å². The van der Waals surface area contributed by atoms with Crippen LogP contribution in [0.25, 0.3) is 0 Å². The first-order valence-electron chi connectivity index (χ1n) is 6.02. The molecule has 2 aromatic carbocycles. The highest BCUT2D eigenvalue weighted by atomic mass is 79.9. The summed E-state index contributed by atoms with van der Waals surface area (Å²) in [6.07, 6.45) is 0.797. The van der Waals surface area contributed by atoms with Crippen LogP contribution in [0.15, 0.2) is 40.9 Å². The maximum Gasteiger partial charge on any atom is 0.141 e. The number of aryl methyl sites for hydroxylation is 1. The SMILES string of the molecule is Cc1ccc(CCN)cc1Oc1ccc(Br)c(F)c1. The van der Waals surface area contributed by atoms with E-state index in [0.717, 1.165) is 23.3 Å². The Balaban J connectivity index is 2.26. The number of benzene rings is 2. The van der Waals surface area contributed by atoms with Gasteiger partial charge >= 0.3 is 0 Å². The van der Waals surface area contributed by atoms with Gasteiger partial charge in [0.25, 0.3) is 0 Å². The average molecular weight is 324 g/mol. The fourth-order valence-electron chi connectivity index (χ4n) is 1.74. The number of halogens is 2. The van der Waals surface area contributed by atoms with E-state index < -0.39 is 0 Å². The third-order valence-electron chi connectivity index (χ3n) is 2.80. The van der Waals surface area contributed by atoms with Crippen molar-refractivity contribution < 1.29 is 9.13 Å². The monoisotopic (exact) mass is 323 g/mol. The van der Waals surface area contributed by atoms with E-state index in [9.17, 15) is 4.39 Å². The second kappa shape index (κ2) is 6.17. The predicted molar refractivity (Wildman–Crippen MR) is 78.1 cm³/mol. The van der Waals surface area contributed by atoms with Crippen LogP contribution in [0.1, 0.15) is 11.1 Å². The van der Waals surface area contributed by atoms with Crippen molar-refractivity contribution >= 4 is 15.9 Å². The topological polar surface area (TPSA) is 35.2 Å². The minimum absolute atomic E-state index is 0.340. The molecule has 0 unspecified atom stereocenters. The molecule has 0 bridgehead atoms. The molecular weight excluding hydrogens is 309 g/mol. The minimum Gasteiger partial charge on any atom is -0.457 e. The lowest BCUT2D eigenvalue weighted by Crippen LogP contribution is -2.03. The Kier molecular flexibility index (Phi) is 4.56. The van der Waals surface area contributed by atoms with E-state index in [4.69, 9.17) is 10.5 Å². The van der Waals surface area contributed by atoms with Gasteiger partial charge in [-0.2, -0.15) is 0 Å². The lowest BCUT2D eigenvalue weighted by atomic mass is 10.1. The van der Waals surface area contributed by atoms with Gasteiger partial charge in [-0.3, -0.25) is 0 Å². The van der Waals surface area contributed by atoms with Crippen molar-refractivity contribution in [2.24, 2.45) is 5.73 Å². The molecule has 0 fully saturated rings. The molecule has 0 spiro atoms. The standard InChI is InChI=1S/C15H15BrFNO/c1-10-2-3-11(6-7-18)8-15(10)19-12-4-5-13(16)14(17)9-12/h2-5,8-9H,6-7,18H2,1H3. The first kappa shape index (κ1) is 14.0. The molecule has 0 amide bonds. The molecule has 2 nitrogen and oxygen atoms in total. The van der Waals surface area contributed by atoms with Crippen LogP contribution in [0.3, 0.4) is 0 Å². The van der Waals surface area contributed by atoms with Crippen molar-refractivity contribution in [3.05, 3.63) is 57.8 Å². The fraction of sp³-hybridized carbons (Fsp3) is 0.200. The zero-order chi connectivity index (χ0) is 13.8. The Morgan fingerprint density at radius 1 is 1.21 bits per heavy atom. The van der Waals surface area contributed by atoms with E-state index in [1.54, 1.807) is 12.1 Å². The maximum atomic E-state index is 13.4. The largest absolute Gasteiger partial charge is 0.457 e. The van der Waals surface area contributed by atoms with Crippen molar-refractivity contribution in [2.75, 3.05) is 6.54 Å². The quantitative estimate of drug-likeness (QED) is 0.915. The Morgan fingerprint density at radius 2 is 2.00 bits per heavy atom. The van der Waals surface area contributed by atoms with Crippen molar-refractivity contribution in [1.82, 2.24) is 0 Å². The Bertz CT molecular complexity index is 586. The highest BCUT2D eigenvalue weighted by Gasteiger charge is 2.06. The van der Waals surface area contributed by atoms with Gasteiger partial charge < -0.3 is 10.5 Å². The summed E-state index contributed by atoms with van der Waals surface area (Å²) in [7, 11) is 0. The van der Waals surface area contributed by atoms with Crippen LogP contribution in [0, 0.1) is 12.7 Å². The summed E-state index contributed by atoms with van der Waals surface area (Å²) in [5.74, 6) is 0.870. The summed E-state index contributed by atoms with van der Waals surface area (Å²) in [6, 6.07) is 10.7. The molecule has 2 aromatic rings. The average Bonchev–Trinajstić information content (AvgIpc) is 2.38. The smallest absolute Gasteiger partial charge is 0.141 e. The van der Waals surface area contributed by atoms with E-state index in [1.807, 2.05) is 25.1 Å². The molecule has 0 saturated heterocycles. The number of hydrogen-bond donors (Lipinski definition) is 1. The van der Waals surface area contributed by atoms with Crippen molar-refractivity contribution in [3.63, 3.8) is 0 Å². The Morgan fingerprint density at radius 3 is 2.68 bits per heavy atom. The molecule has 0 heterocycles. The molecule has 0 radical (unpaired) electrons. The highest BCUT2D eigenvalue weighted by Crippen LogP contribution is 2.28. The third-order valence-corrected chi connectivity index (χ3v) is 3.45. The van der Waals surface area contributed by atoms with Crippen molar-refractivity contribution in [2.45, 2.75) is 13.3 Å². The van der Waals surface area contributed by atoms with E-state index in [0.29, 0.717) is 16.8 Å². The van der Waals surface area contributed by atoms with E-state index in [1.165, 1.54) is 6.07 Å². The Hall–Kier alpha value is -1.39. The normalized spacial score (nSPS) is 10.5. The van der Waals surface area contributed by atoms with Gasteiger partial charge in [0.1, 0.15) is 17.3 Å². The van der Waals surface area contributed by atoms with Gasteiger partial charge in [0, 0.05) is 6.07 Å². The molecule has 2 rings (SSSR count). The van der Waals surface area contributed by atoms with Crippen LogP contribution in [-0.2, 0) is 6.42 Å². The zero-order valence-electron chi connectivity index (χ0n) is 10.6. The molecule has 0 aliphatic heterocycles. The summed E-state index contributed by atoms with van der Waals surface area (Å²) in [5.41, 5.74) is 7.66. The third kappa shape index (κ3) is 3.55. The fourth-order valence-corrected chi connectivity index (χ4v) is 1.99. The molecule has 2 N–H and O–H groups in total. The van der Waals surface area contributed by atoms with Crippen LogP contribution in [-0.4, -0.2) is 6.54 Å². The molecule has 100 valence electrons. The number of hydrogen-bond acceptors (Lipinski definition) is 2. The number of nitrogens with two attached hydrogens (primary N) is 1. The van der Waals surface area contributed by atoms with Crippen LogP contribution in [0.5, 0.6) is 11.5 Å². The highest BCUT2D eigenvalue weighted by molar-refractivity contribution is 9.10. The minimum atomic E-state index is -0.340. The van der Waals surface area contributed by atoms with Crippen LogP contribution in [0.2, 0.25) is 0 Å². The first-order chi connectivity index (χ1) is 9.10. The van der Waals surface area contributed by atoms with Crippen LogP contribution in [0.4, 0.5) is 4.39 Å². The summed E-state index contributed by atoms with van der Waals surface area (Å²) < 4.78 is 19.6. The zero-order valence-corrected chi connectivity index (χ0v) is 12.2. The van der Waals surface area contributed by atoms with Gasteiger partial charge in [0.2, 0.25) is 0 Å². The Labute approximate surface area is 120 Å². The summed E-state index contributed by atoms with van der Waals surface area (Å²) in [5, 5.41) is 0. The molecule has 0 saturated carbocycles. The molecule has 0 aliphatic rings. The summed E-state index contributed by atoms with van der Waals surface area (Å²) in [6.45, 7) is 2.55. The first-order valence-corrected chi connectivity index (χ1v) is 6.82. The van der Waals surface area contributed by atoms with Crippen molar-refractivity contribution in [3.8, 4) is 11.5 Å². The van der Waals surface area contributed by atoms with Gasteiger partial charge in [-0.15, -0.1) is 0 Å². The van der Waals surface area contributed by atoms with Gasteiger partial charge in [-0.25, -0.2) is 4.39 Å². The van der Waals surface area contributed by atoms with Crippen LogP contribution >= 0.6 is 15.9 Å². The van der Waals surface area contributed by atoms with E-state index in [2.05, 4.69) is 15.9 Å². The molecule has 0 atom stereocenters. The summed E-state index contributed by atoms with van der Waals surface area (Å²) in [4.78, 5) is 0. The lowest BCUT2D eigenvalue weighted by molar-refractivity contribution is 0.472. The second-order valence-corrected chi connectivity index (χ2v) is 5.17. The lowest BCUT2D eigenvalue weighted by Gasteiger charge is -2.11. The number of rotatable bonds is 4. The van der Waals surface area contributed by atoms with E-state index in [-0.39, 0.29) is 5.82 Å².